The van der Waals surface area contributed by atoms with E-state index in [1.165, 1.54) is 5.56 Å². The quantitative estimate of drug-likeness (QED) is 0.334. The zero-order valence-electron chi connectivity index (χ0n) is 23.7. The summed E-state index contributed by atoms with van der Waals surface area (Å²) in [4.78, 5) is 23.2. The van der Waals surface area contributed by atoms with Gasteiger partial charge in [0, 0.05) is 54.3 Å². The number of hydrogen-bond acceptors (Lipinski definition) is 7. The minimum atomic E-state index is -0.00808. The third kappa shape index (κ3) is 4.05. The normalized spacial score (nSPS) is 19.7. The van der Waals surface area contributed by atoms with Gasteiger partial charge in [-0.05, 0) is 72.4 Å². The average molecular weight is 558 g/mol. The van der Waals surface area contributed by atoms with Crippen molar-refractivity contribution in [1.82, 2.24) is 24.6 Å². The molecule has 1 amide bonds. The summed E-state index contributed by atoms with van der Waals surface area (Å²) < 4.78 is 7.29. The van der Waals surface area contributed by atoms with Gasteiger partial charge in [-0.25, -0.2) is 4.98 Å². The van der Waals surface area contributed by atoms with Crippen molar-refractivity contribution in [1.29, 1.82) is 5.26 Å². The number of carbonyl (C=O) groups excluding carboxylic acids is 1. The largest absolute Gasteiger partial charge is 0.380 e. The lowest BCUT2D eigenvalue weighted by Gasteiger charge is -2.57. The van der Waals surface area contributed by atoms with E-state index in [9.17, 15) is 10.1 Å². The third-order valence-electron chi connectivity index (χ3n) is 9.38. The molecule has 1 spiro atoms. The monoisotopic (exact) mass is 557 g/mol. The molecular weight excluding hydrogens is 526 g/mol. The van der Waals surface area contributed by atoms with Crippen molar-refractivity contribution in [2.45, 2.75) is 38.3 Å². The Hall–Kier alpha value is -4.39. The zero-order valence-corrected chi connectivity index (χ0v) is 23.7. The van der Waals surface area contributed by atoms with E-state index in [0.717, 1.165) is 72.7 Å². The minimum Gasteiger partial charge on any atom is -0.380 e. The Balaban J connectivity index is 1.14. The van der Waals surface area contributed by atoms with Gasteiger partial charge in [0.2, 0.25) is 0 Å². The van der Waals surface area contributed by atoms with Gasteiger partial charge >= 0.3 is 0 Å². The van der Waals surface area contributed by atoms with Crippen LogP contribution < -0.4 is 4.90 Å². The fourth-order valence-electron chi connectivity index (χ4n) is 6.63. The number of fused-ring (bicyclic) bond motifs is 1. The molecule has 5 heterocycles. The lowest BCUT2D eigenvalue weighted by Crippen LogP contribution is -2.66. The molecule has 1 saturated carbocycles. The Kier molecular flexibility index (Phi) is 5.62. The topological polar surface area (TPSA) is 100 Å². The maximum absolute atomic E-state index is 13.9. The maximum atomic E-state index is 13.9. The van der Waals surface area contributed by atoms with Crippen molar-refractivity contribution in [3.8, 4) is 28.6 Å². The van der Waals surface area contributed by atoms with Gasteiger partial charge in [-0.1, -0.05) is 18.2 Å². The standard InChI is InChI=1S/C33H31N7O2/c1-20(39-15-33(16-39)17-42-18-33)23-6-7-24-14-40(32(41)27(24)10-23)30-12-25(11-29(36-30)22-4-5-22)26-8-3-21(13-34)9-28(26)31-37-35-19-38(31)2/h3,6-12,19-20,22H,4-5,14-18H2,1-2H3/t20-/m1/s1. The first-order valence-corrected chi connectivity index (χ1v) is 14.6. The molecule has 1 aliphatic carbocycles. The van der Waals surface area contributed by atoms with Crippen LogP contribution in [0.4, 0.5) is 5.82 Å². The number of pyridine rings is 1. The molecular formula is C33H31N7O2. The van der Waals surface area contributed by atoms with E-state index >= 15 is 0 Å². The van der Waals surface area contributed by atoms with Gasteiger partial charge in [-0.3, -0.25) is 14.6 Å². The number of benzene rings is 2. The van der Waals surface area contributed by atoms with Crippen molar-refractivity contribution in [3.05, 3.63) is 82.8 Å². The predicted octanol–water partition coefficient (Wildman–Crippen LogP) is 4.85. The number of carbonyl (C=O) groups is 1. The molecule has 8 rings (SSSR count). The molecule has 0 radical (unpaired) electrons. The van der Waals surface area contributed by atoms with Gasteiger partial charge in [-0.15, -0.1) is 10.2 Å². The Morgan fingerprint density at radius 2 is 1.88 bits per heavy atom. The molecule has 3 fully saturated rings. The van der Waals surface area contributed by atoms with E-state index in [1.807, 2.05) is 40.8 Å². The molecule has 0 N–H and O–H groups in total. The molecule has 1 atom stereocenters. The molecule has 210 valence electrons. The van der Waals surface area contributed by atoms with Crippen LogP contribution in [0.3, 0.4) is 0 Å². The number of aromatic nitrogens is 4. The molecule has 4 aromatic rings. The van der Waals surface area contributed by atoms with Crippen LogP contribution in [-0.4, -0.2) is 56.9 Å². The number of likely N-dealkylation sites (tertiary alicyclic amines) is 1. The first kappa shape index (κ1) is 25.3. The summed E-state index contributed by atoms with van der Waals surface area (Å²) in [5.41, 5.74) is 7.58. The third-order valence-corrected chi connectivity index (χ3v) is 9.38. The zero-order chi connectivity index (χ0) is 28.6. The number of rotatable bonds is 6. The molecule has 4 aliphatic rings. The minimum absolute atomic E-state index is 0.00808. The van der Waals surface area contributed by atoms with Gasteiger partial charge < -0.3 is 9.30 Å². The molecule has 2 aromatic carbocycles. The fraction of sp³-hybridized carbons (Fsp3) is 0.364. The number of nitriles is 1. The van der Waals surface area contributed by atoms with Crippen LogP contribution >= 0.6 is 0 Å². The van der Waals surface area contributed by atoms with Gasteiger partial charge in [0.25, 0.3) is 5.91 Å². The van der Waals surface area contributed by atoms with Crippen LogP contribution in [0.1, 0.15) is 64.5 Å². The van der Waals surface area contributed by atoms with Crippen LogP contribution in [0.2, 0.25) is 0 Å². The summed E-state index contributed by atoms with van der Waals surface area (Å²) in [6.07, 6.45) is 3.85. The lowest BCUT2D eigenvalue weighted by atomic mass is 9.76. The van der Waals surface area contributed by atoms with Gasteiger partial charge in [0.1, 0.15) is 12.1 Å². The maximum Gasteiger partial charge on any atom is 0.260 e. The molecule has 9 heteroatoms. The molecule has 2 aromatic heterocycles. The molecule has 42 heavy (non-hydrogen) atoms. The highest BCUT2D eigenvalue weighted by atomic mass is 16.5. The van der Waals surface area contributed by atoms with Crippen LogP contribution in [0.5, 0.6) is 0 Å². The Labute approximate surface area is 244 Å². The number of aryl methyl sites for hydroxylation is 1. The number of amides is 1. The SMILES string of the molecule is C[C@H](c1ccc2c(c1)C(=O)N(c1cc(-c3ccc(C#N)cc3-c3nncn3C)cc(C3CC3)n1)C2)N1CC2(COC2)C1. The van der Waals surface area contributed by atoms with Crippen molar-refractivity contribution in [3.63, 3.8) is 0 Å². The van der Waals surface area contributed by atoms with Crippen molar-refractivity contribution >= 4 is 11.7 Å². The van der Waals surface area contributed by atoms with Gasteiger partial charge in [-0.2, -0.15) is 5.26 Å². The summed E-state index contributed by atoms with van der Waals surface area (Å²) in [6, 6.07) is 18.6. The van der Waals surface area contributed by atoms with Crippen LogP contribution in [0.15, 0.2) is 54.9 Å². The van der Waals surface area contributed by atoms with E-state index < -0.39 is 0 Å². The summed E-state index contributed by atoms with van der Waals surface area (Å²) in [6.45, 7) is 6.56. The van der Waals surface area contributed by atoms with Crippen LogP contribution in [0, 0.1) is 16.7 Å². The lowest BCUT2D eigenvalue weighted by molar-refractivity contribution is -0.197. The van der Waals surface area contributed by atoms with Crippen molar-refractivity contribution in [2.75, 3.05) is 31.2 Å². The molecule has 9 nitrogen and oxygen atoms in total. The number of anilines is 1. The second-order valence-corrected chi connectivity index (χ2v) is 12.4. The number of nitrogens with zero attached hydrogens (tertiary/aromatic N) is 7. The second kappa shape index (κ2) is 9.31. The van der Waals surface area contributed by atoms with E-state index in [0.29, 0.717) is 35.1 Å². The van der Waals surface area contributed by atoms with Crippen molar-refractivity contribution in [2.24, 2.45) is 12.5 Å². The predicted molar refractivity (Wildman–Crippen MR) is 157 cm³/mol. The van der Waals surface area contributed by atoms with Crippen LogP contribution in [0.25, 0.3) is 22.5 Å². The van der Waals surface area contributed by atoms with Crippen molar-refractivity contribution < 1.29 is 9.53 Å². The first-order valence-electron chi connectivity index (χ1n) is 14.6. The van der Waals surface area contributed by atoms with E-state index in [4.69, 9.17) is 9.72 Å². The fourth-order valence-corrected chi connectivity index (χ4v) is 6.63. The Morgan fingerprint density at radius 1 is 1.05 bits per heavy atom. The number of ether oxygens (including phenoxy) is 1. The molecule has 0 bridgehead atoms. The highest BCUT2D eigenvalue weighted by molar-refractivity contribution is 6.10. The highest BCUT2D eigenvalue weighted by Crippen LogP contribution is 2.44. The number of hydrogen-bond donors (Lipinski definition) is 0. The first-order chi connectivity index (χ1) is 20.4. The average Bonchev–Trinajstić information content (AvgIpc) is 3.65. The molecule has 3 aliphatic heterocycles. The van der Waals surface area contributed by atoms with E-state index in [2.05, 4.69) is 52.4 Å². The molecule has 0 unspecified atom stereocenters. The van der Waals surface area contributed by atoms with Gasteiger partial charge in [0.15, 0.2) is 5.82 Å². The summed E-state index contributed by atoms with van der Waals surface area (Å²) >= 11 is 0. The Bertz CT molecular complexity index is 1790. The summed E-state index contributed by atoms with van der Waals surface area (Å²) in [5, 5.41) is 18.0. The second-order valence-electron chi connectivity index (χ2n) is 12.4. The van der Waals surface area contributed by atoms with E-state index in [-0.39, 0.29) is 11.9 Å². The summed E-state index contributed by atoms with van der Waals surface area (Å²) in [7, 11) is 1.89. The van der Waals surface area contributed by atoms with Crippen LogP contribution in [-0.2, 0) is 18.3 Å². The molecule has 2 saturated heterocycles. The van der Waals surface area contributed by atoms with E-state index in [1.54, 1.807) is 6.33 Å². The Morgan fingerprint density at radius 3 is 2.57 bits per heavy atom. The summed E-state index contributed by atoms with van der Waals surface area (Å²) in [5.74, 6) is 1.73. The highest BCUT2D eigenvalue weighted by Gasteiger charge is 2.50. The van der Waals surface area contributed by atoms with Gasteiger partial charge in [0.05, 0.1) is 31.4 Å². The smallest absolute Gasteiger partial charge is 0.260 e.